The first-order chi connectivity index (χ1) is 8.38. The molecular formula is C14H23N3. The number of nitrogens with zero attached hydrogens (tertiary/aromatic N) is 2. The molecule has 3 nitrogen and oxygen atoms in total. The first-order valence-electron chi connectivity index (χ1n) is 6.73. The molecule has 0 amide bonds. The number of hydrogen-bond donors (Lipinski definition) is 1. The molecule has 0 aliphatic carbocycles. The molecule has 1 fully saturated rings. The van der Waals surface area contributed by atoms with Crippen molar-refractivity contribution in [3.05, 3.63) is 30.1 Å². The van der Waals surface area contributed by atoms with Crippen LogP contribution in [0.4, 0.5) is 0 Å². The highest BCUT2D eigenvalue weighted by molar-refractivity contribution is 5.08. The quantitative estimate of drug-likeness (QED) is 0.839. The van der Waals surface area contributed by atoms with E-state index < -0.39 is 0 Å². The van der Waals surface area contributed by atoms with Gasteiger partial charge in [-0.1, -0.05) is 13.0 Å². The van der Waals surface area contributed by atoms with Gasteiger partial charge < -0.3 is 10.2 Å². The largest absolute Gasteiger partial charge is 0.314 e. The lowest BCUT2D eigenvalue weighted by Crippen LogP contribution is -2.42. The lowest BCUT2D eigenvalue weighted by Gasteiger charge is -2.31. The summed E-state index contributed by atoms with van der Waals surface area (Å²) in [6.45, 7) is 7.02. The molecule has 0 aromatic carbocycles. The molecule has 1 aromatic heterocycles. The van der Waals surface area contributed by atoms with Crippen molar-refractivity contribution in [2.75, 3.05) is 26.2 Å². The molecule has 2 rings (SSSR count). The Hall–Kier alpha value is -0.930. The fourth-order valence-corrected chi connectivity index (χ4v) is 2.42. The van der Waals surface area contributed by atoms with Crippen molar-refractivity contribution in [1.82, 2.24) is 15.2 Å². The first kappa shape index (κ1) is 12.5. The van der Waals surface area contributed by atoms with Crippen LogP contribution in [0.25, 0.3) is 0 Å². The van der Waals surface area contributed by atoms with Crippen LogP contribution in [-0.4, -0.2) is 42.1 Å². The molecule has 1 N–H and O–H groups in total. The van der Waals surface area contributed by atoms with Gasteiger partial charge in [-0.25, -0.2) is 0 Å². The maximum atomic E-state index is 4.14. The minimum absolute atomic E-state index is 0.717. The maximum Gasteiger partial charge on any atom is 0.0300 e. The van der Waals surface area contributed by atoms with Gasteiger partial charge in [0.1, 0.15) is 0 Å². The van der Waals surface area contributed by atoms with Gasteiger partial charge in [0, 0.05) is 18.4 Å². The summed E-state index contributed by atoms with van der Waals surface area (Å²) in [5.41, 5.74) is 1.32. The molecule has 0 radical (unpaired) electrons. The highest BCUT2D eigenvalue weighted by atomic mass is 15.1. The van der Waals surface area contributed by atoms with E-state index in [0.29, 0.717) is 0 Å². The SMILES string of the molecule is CCN1CCC(NCCc2cccnc2)CC1. The maximum absolute atomic E-state index is 4.14. The van der Waals surface area contributed by atoms with E-state index in [0.717, 1.165) is 19.0 Å². The van der Waals surface area contributed by atoms with Crippen molar-refractivity contribution in [1.29, 1.82) is 0 Å². The number of piperidine rings is 1. The van der Waals surface area contributed by atoms with Crippen molar-refractivity contribution >= 4 is 0 Å². The van der Waals surface area contributed by atoms with E-state index >= 15 is 0 Å². The van der Waals surface area contributed by atoms with Gasteiger partial charge in [-0.3, -0.25) is 4.98 Å². The second-order valence-corrected chi connectivity index (χ2v) is 4.77. The fraction of sp³-hybridized carbons (Fsp3) is 0.643. The molecule has 3 heteroatoms. The smallest absolute Gasteiger partial charge is 0.0300 e. The summed E-state index contributed by atoms with van der Waals surface area (Å²) in [7, 11) is 0. The van der Waals surface area contributed by atoms with Crippen LogP contribution in [0.15, 0.2) is 24.5 Å². The highest BCUT2D eigenvalue weighted by Gasteiger charge is 2.16. The minimum atomic E-state index is 0.717. The number of pyridine rings is 1. The minimum Gasteiger partial charge on any atom is -0.314 e. The van der Waals surface area contributed by atoms with Gasteiger partial charge in [0.25, 0.3) is 0 Å². The molecule has 0 bridgehead atoms. The van der Waals surface area contributed by atoms with Crippen molar-refractivity contribution in [3.8, 4) is 0 Å². The van der Waals surface area contributed by atoms with Crippen LogP contribution in [0.5, 0.6) is 0 Å². The molecule has 94 valence electrons. The van der Waals surface area contributed by atoms with Crippen molar-refractivity contribution in [2.24, 2.45) is 0 Å². The summed E-state index contributed by atoms with van der Waals surface area (Å²) >= 11 is 0. The van der Waals surface area contributed by atoms with Crippen LogP contribution < -0.4 is 5.32 Å². The Bertz CT molecular complexity index is 305. The summed E-state index contributed by atoms with van der Waals surface area (Å²) in [6.07, 6.45) is 7.46. The summed E-state index contributed by atoms with van der Waals surface area (Å²) in [5.74, 6) is 0. The zero-order valence-electron chi connectivity index (χ0n) is 10.7. The molecule has 0 unspecified atom stereocenters. The molecular weight excluding hydrogens is 210 g/mol. The summed E-state index contributed by atoms with van der Waals surface area (Å²) in [6, 6.07) is 4.87. The third kappa shape index (κ3) is 4.10. The first-order valence-corrected chi connectivity index (χ1v) is 6.73. The van der Waals surface area contributed by atoms with Gasteiger partial charge in [0.2, 0.25) is 0 Å². The van der Waals surface area contributed by atoms with Gasteiger partial charge in [0.05, 0.1) is 0 Å². The standard InChI is InChI=1S/C14H23N3/c1-2-17-10-6-14(7-11-17)16-9-5-13-4-3-8-15-12-13/h3-4,8,12,14,16H,2,5-7,9-11H2,1H3. The van der Waals surface area contributed by atoms with Gasteiger partial charge in [-0.05, 0) is 57.1 Å². The molecule has 1 aromatic rings. The van der Waals surface area contributed by atoms with E-state index in [4.69, 9.17) is 0 Å². The third-order valence-electron chi connectivity index (χ3n) is 3.60. The Kier molecular flexibility index (Phi) is 4.95. The number of hydrogen-bond acceptors (Lipinski definition) is 3. The van der Waals surface area contributed by atoms with Crippen LogP contribution in [-0.2, 0) is 6.42 Å². The highest BCUT2D eigenvalue weighted by Crippen LogP contribution is 2.09. The van der Waals surface area contributed by atoms with E-state index in [-0.39, 0.29) is 0 Å². The number of nitrogens with one attached hydrogen (secondary N) is 1. The molecule has 1 saturated heterocycles. The monoisotopic (exact) mass is 233 g/mol. The van der Waals surface area contributed by atoms with Crippen LogP contribution in [0, 0.1) is 0 Å². The Balaban J connectivity index is 1.63. The topological polar surface area (TPSA) is 28.2 Å². The second-order valence-electron chi connectivity index (χ2n) is 4.77. The normalized spacial score (nSPS) is 18.4. The van der Waals surface area contributed by atoms with Crippen molar-refractivity contribution in [2.45, 2.75) is 32.2 Å². The average Bonchev–Trinajstić information content (AvgIpc) is 2.41. The molecule has 2 heterocycles. The summed E-state index contributed by atoms with van der Waals surface area (Å²) in [5, 5.41) is 3.66. The Labute approximate surface area is 104 Å². The van der Waals surface area contributed by atoms with Gasteiger partial charge in [-0.2, -0.15) is 0 Å². The van der Waals surface area contributed by atoms with E-state index in [1.54, 1.807) is 0 Å². The van der Waals surface area contributed by atoms with E-state index in [1.807, 2.05) is 18.5 Å². The number of aromatic nitrogens is 1. The van der Waals surface area contributed by atoms with E-state index in [1.165, 1.54) is 38.0 Å². The zero-order chi connectivity index (χ0) is 11.9. The van der Waals surface area contributed by atoms with Crippen LogP contribution in [0.2, 0.25) is 0 Å². The average molecular weight is 233 g/mol. The van der Waals surface area contributed by atoms with Crippen molar-refractivity contribution in [3.63, 3.8) is 0 Å². The lowest BCUT2D eigenvalue weighted by molar-refractivity contribution is 0.207. The Morgan fingerprint density at radius 2 is 2.24 bits per heavy atom. The van der Waals surface area contributed by atoms with E-state index in [9.17, 15) is 0 Å². The molecule has 0 spiro atoms. The van der Waals surface area contributed by atoms with Crippen LogP contribution in [0.1, 0.15) is 25.3 Å². The molecule has 1 aliphatic rings. The predicted octanol–water partition coefficient (Wildman–Crippen LogP) is 1.70. The van der Waals surface area contributed by atoms with E-state index in [2.05, 4.69) is 28.2 Å². The Morgan fingerprint density at radius 3 is 2.88 bits per heavy atom. The third-order valence-corrected chi connectivity index (χ3v) is 3.60. The molecule has 17 heavy (non-hydrogen) atoms. The fourth-order valence-electron chi connectivity index (χ4n) is 2.42. The number of rotatable bonds is 5. The predicted molar refractivity (Wildman–Crippen MR) is 71.1 cm³/mol. The summed E-state index contributed by atoms with van der Waals surface area (Å²) in [4.78, 5) is 6.66. The van der Waals surface area contributed by atoms with Crippen molar-refractivity contribution < 1.29 is 0 Å². The second kappa shape index (κ2) is 6.72. The van der Waals surface area contributed by atoms with Crippen LogP contribution in [0.3, 0.4) is 0 Å². The number of likely N-dealkylation sites (tertiary alicyclic amines) is 1. The molecule has 0 atom stereocenters. The molecule has 1 aliphatic heterocycles. The van der Waals surface area contributed by atoms with Gasteiger partial charge >= 0.3 is 0 Å². The molecule has 0 saturated carbocycles. The Morgan fingerprint density at radius 1 is 1.41 bits per heavy atom. The van der Waals surface area contributed by atoms with Gasteiger partial charge in [0.15, 0.2) is 0 Å². The summed E-state index contributed by atoms with van der Waals surface area (Å²) < 4.78 is 0. The lowest BCUT2D eigenvalue weighted by atomic mass is 10.0. The zero-order valence-corrected chi connectivity index (χ0v) is 10.7. The van der Waals surface area contributed by atoms with Gasteiger partial charge in [-0.15, -0.1) is 0 Å². The van der Waals surface area contributed by atoms with Crippen LogP contribution >= 0.6 is 0 Å².